The summed E-state index contributed by atoms with van der Waals surface area (Å²) < 4.78 is 5.24. The summed E-state index contributed by atoms with van der Waals surface area (Å²) in [6.07, 6.45) is 2.63. The van der Waals surface area contributed by atoms with Crippen molar-refractivity contribution >= 4 is 27.4 Å². The van der Waals surface area contributed by atoms with Crippen molar-refractivity contribution in [1.82, 2.24) is 15.1 Å². The zero-order chi connectivity index (χ0) is 15.0. The number of nitrogens with zero attached hydrogens (tertiary/aromatic N) is 3. The lowest BCUT2D eigenvalue weighted by atomic mass is 10.1. The molecule has 0 aliphatic heterocycles. The summed E-state index contributed by atoms with van der Waals surface area (Å²) in [7, 11) is 0. The van der Waals surface area contributed by atoms with Gasteiger partial charge in [0.25, 0.3) is 0 Å². The van der Waals surface area contributed by atoms with Gasteiger partial charge in [-0.05, 0) is 33.3 Å². The first-order valence-electron chi connectivity index (χ1n) is 7.02. The molecule has 3 rings (SSSR count). The van der Waals surface area contributed by atoms with Crippen molar-refractivity contribution < 1.29 is 4.52 Å². The average Bonchev–Trinajstić information content (AvgIpc) is 3.03. The molecule has 0 spiro atoms. The van der Waals surface area contributed by atoms with E-state index in [9.17, 15) is 0 Å². The van der Waals surface area contributed by atoms with Crippen LogP contribution in [0, 0.1) is 13.8 Å². The predicted molar refractivity (Wildman–Crippen MR) is 84.8 cm³/mol. The molecule has 0 amide bonds. The van der Waals surface area contributed by atoms with Crippen LogP contribution in [-0.2, 0) is 6.42 Å². The van der Waals surface area contributed by atoms with Crippen LogP contribution in [0.3, 0.4) is 0 Å². The number of hydrogen-bond acceptors (Lipinski definition) is 6. The van der Waals surface area contributed by atoms with E-state index in [1.165, 1.54) is 4.88 Å². The largest absolute Gasteiger partial charge is 0.363 e. The van der Waals surface area contributed by atoms with Gasteiger partial charge in [0.2, 0.25) is 0 Å². The van der Waals surface area contributed by atoms with Gasteiger partial charge in [-0.25, -0.2) is 9.97 Å². The molecule has 1 unspecified atom stereocenters. The fourth-order valence-corrected chi connectivity index (χ4v) is 3.52. The molecular formula is C15H18N4OS. The van der Waals surface area contributed by atoms with E-state index in [4.69, 9.17) is 4.52 Å². The van der Waals surface area contributed by atoms with Gasteiger partial charge < -0.3 is 9.84 Å². The van der Waals surface area contributed by atoms with Gasteiger partial charge >= 0.3 is 0 Å². The Balaban J connectivity index is 1.96. The monoisotopic (exact) mass is 302 g/mol. The maximum absolute atomic E-state index is 5.24. The fourth-order valence-electron chi connectivity index (χ4n) is 2.58. The van der Waals surface area contributed by atoms with E-state index < -0.39 is 0 Å². The van der Waals surface area contributed by atoms with Crippen LogP contribution in [0.1, 0.15) is 41.8 Å². The quantitative estimate of drug-likeness (QED) is 0.788. The topological polar surface area (TPSA) is 63.8 Å². The van der Waals surface area contributed by atoms with Gasteiger partial charge in [-0.15, -0.1) is 11.3 Å². The first-order chi connectivity index (χ1) is 10.1. The molecule has 0 aromatic carbocycles. The van der Waals surface area contributed by atoms with E-state index in [1.807, 2.05) is 13.8 Å². The molecule has 0 bridgehead atoms. The molecule has 0 saturated carbocycles. The van der Waals surface area contributed by atoms with Crippen molar-refractivity contribution in [3.05, 3.63) is 34.3 Å². The lowest BCUT2D eigenvalue weighted by Crippen LogP contribution is -2.09. The molecule has 21 heavy (non-hydrogen) atoms. The number of anilines is 1. The maximum Gasteiger partial charge on any atom is 0.139 e. The number of rotatable bonds is 4. The zero-order valence-electron chi connectivity index (χ0n) is 12.6. The lowest BCUT2D eigenvalue weighted by Gasteiger charge is -2.14. The Morgan fingerprint density at radius 2 is 2.14 bits per heavy atom. The Labute approximate surface area is 127 Å². The SMILES string of the molecule is CCc1cc2c(NC(C)c3c(C)noc3C)ncnc2s1. The highest BCUT2D eigenvalue weighted by Gasteiger charge is 2.18. The van der Waals surface area contributed by atoms with E-state index in [1.54, 1.807) is 17.7 Å². The molecule has 5 nitrogen and oxygen atoms in total. The minimum Gasteiger partial charge on any atom is -0.363 e. The molecule has 110 valence electrons. The fraction of sp³-hybridized carbons (Fsp3) is 0.400. The Kier molecular flexibility index (Phi) is 3.63. The van der Waals surface area contributed by atoms with Crippen molar-refractivity contribution in [3.8, 4) is 0 Å². The number of thiophene rings is 1. The van der Waals surface area contributed by atoms with Crippen LogP contribution in [0.15, 0.2) is 16.9 Å². The molecule has 1 N–H and O–H groups in total. The third-order valence-corrected chi connectivity index (χ3v) is 4.79. The number of nitrogens with one attached hydrogen (secondary N) is 1. The zero-order valence-corrected chi connectivity index (χ0v) is 13.4. The molecule has 0 saturated heterocycles. The smallest absolute Gasteiger partial charge is 0.139 e. The second-order valence-electron chi connectivity index (χ2n) is 5.11. The van der Waals surface area contributed by atoms with Crippen molar-refractivity contribution in [3.63, 3.8) is 0 Å². The number of aryl methyl sites for hydroxylation is 3. The first kappa shape index (κ1) is 14.0. The molecule has 0 radical (unpaired) electrons. The van der Waals surface area contributed by atoms with Gasteiger partial charge in [-0.1, -0.05) is 12.1 Å². The molecule has 3 aromatic heterocycles. The molecule has 1 atom stereocenters. The molecule has 3 aromatic rings. The minimum atomic E-state index is 0.0827. The van der Waals surface area contributed by atoms with E-state index in [0.29, 0.717) is 0 Å². The summed E-state index contributed by atoms with van der Waals surface area (Å²) in [6, 6.07) is 2.25. The highest BCUT2D eigenvalue weighted by Crippen LogP contribution is 2.31. The minimum absolute atomic E-state index is 0.0827. The lowest BCUT2D eigenvalue weighted by molar-refractivity contribution is 0.392. The van der Waals surface area contributed by atoms with Crippen LogP contribution in [0.25, 0.3) is 10.2 Å². The third-order valence-electron chi connectivity index (χ3n) is 3.60. The summed E-state index contributed by atoms with van der Waals surface area (Å²) in [5.41, 5.74) is 2.00. The summed E-state index contributed by atoms with van der Waals surface area (Å²) in [6.45, 7) is 8.13. The molecular weight excluding hydrogens is 284 g/mol. The first-order valence-corrected chi connectivity index (χ1v) is 7.84. The number of hydrogen-bond donors (Lipinski definition) is 1. The molecule has 3 heterocycles. The van der Waals surface area contributed by atoms with Gasteiger partial charge in [-0.3, -0.25) is 0 Å². The molecule has 0 aliphatic carbocycles. The van der Waals surface area contributed by atoms with Crippen molar-refractivity contribution in [1.29, 1.82) is 0 Å². The van der Waals surface area contributed by atoms with E-state index >= 15 is 0 Å². The maximum atomic E-state index is 5.24. The summed E-state index contributed by atoms with van der Waals surface area (Å²) in [4.78, 5) is 11.1. The standard InChI is InChI=1S/C15H18N4OS/c1-5-11-6-12-14(16-7-17-15(12)21-11)18-8(2)13-9(3)19-20-10(13)4/h6-8H,5H2,1-4H3,(H,16,17,18). The van der Waals surface area contributed by atoms with Gasteiger partial charge in [0, 0.05) is 10.4 Å². The Hall–Kier alpha value is -1.95. The van der Waals surface area contributed by atoms with Crippen LogP contribution in [0.2, 0.25) is 0 Å². The number of fused-ring (bicyclic) bond motifs is 1. The number of aromatic nitrogens is 3. The van der Waals surface area contributed by atoms with E-state index in [-0.39, 0.29) is 6.04 Å². The molecule has 0 fully saturated rings. The van der Waals surface area contributed by atoms with Crippen molar-refractivity contribution in [2.75, 3.05) is 5.32 Å². The second-order valence-corrected chi connectivity index (χ2v) is 6.23. The normalized spacial score (nSPS) is 12.8. The highest BCUT2D eigenvalue weighted by molar-refractivity contribution is 7.18. The van der Waals surface area contributed by atoms with Crippen LogP contribution in [0.5, 0.6) is 0 Å². The summed E-state index contributed by atoms with van der Waals surface area (Å²) in [5, 5.41) is 8.56. The van der Waals surface area contributed by atoms with Gasteiger partial charge in [-0.2, -0.15) is 0 Å². The summed E-state index contributed by atoms with van der Waals surface area (Å²) in [5.74, 6) is 1.71. The predicted octanol–water partition coefficient (Wildman–Crippen LogP) is 4.03. The van der Waals surface area contributed by atoms with E-state index in [2.05, 4.69) is 40.4 Å². The Bertz CT molecular complexity index is 758. The highest BCUT2D eigenvalue weighted by atomic mass is 32.1. The third kappa shape index (κ3) is 2.51. The van der Waals surface area contributed by atoms with Gasteiger partial charge in [0.1, 0.15) is 22.7 Å². The second kappa shape index (κ2) is 5.44. The Morgan fingerprint density at radius 3 is 2.81 bits per heavy atom. The van der Waals surface area contributed by atoms with Crippen LogP contribution in [0.4, 0.5) is 5.82 Å². The summed E-state index contributed by atoms with van der Waals surface area (Å²) >= 11 is 1.72. The van der Waals surface area contributed by atoms with Crippen molar-refractivity contribution in [2.45, 2.75) is 40.2 Å². The molecule has 0 aliphatic rings. The van der Waals surface area contributed by atoms with Crippen LogP contribution >= 0.6 is 11.3 Å². The van der Waals surface area contributed by atoms with Gasteiger partial charge in [0.15, 0.2) is 0 Å². The van der Waals surface area contributed by atoms with E-state index in [0.717, 1.165) is 39.5 Å². The van der Waals surface area contributed by atoms with Crippen LogP contribution in [-0.4, -0.2) is 15.1 Å². The van der Waals surface area contributed by atoms with Crippen LogP contribution < -0.4 is 5.32 Å². The van der Waals surface area contributed by atoms with Crippen molar-refractivity contribution in [2.24, 2.45) is 0 Å². The average molecular weight is 302 g/mol. The van der Waals surface area contributed by atoms with Gasteiger partial charge in [0.05, 0.1) is 17.1 Å². The molecule has 6 heteroatoms. The Morgan fingerprint density at radius 1 is 1.33 bits per heavy atom.